The van der Waals surface area contributed by atoms with Crippen molar-refractivity contribution in [2.45, 2.75) is 77.7 Å². The second kappa shape index (κ2) is 12.5. The first kappa shape index (κ1) is 31.6. The van der Waals surface area contributed by atoms with Gasteiger partial charge in [-0.2, -0.15) is 26.3 Å². The molecular formula is C27H40F6N4O. The molecule has 0 spiro atoms. The van der Waals surface area contributed by atoms with Gasteiger partial charge in [-0.25, -0.2) is 0 Å². The number of halogens is 6. The molecule has 2 aliphatic rings. The maximum Gasteiger partial charge on any atom is 0.400 e. The van der Waals surface area contributed by atoms with Crippen LogP contribution in [0.4, 0.5) is 26.3 Å². The van der Waals surface area contributed by atoms with Gasteiger partial charge in [0.1, 0.15) is 0 Å². The molecule has 0 saturated carbocycles. The summed E-state index contributed by atoms with van der Waals surface area (Å²) in [5.74, 6) is -4.79. The summed E-state index contributed by atoms with van der Waals surface area (Å²) < 4.78 is 77.2. The van der Waals surface area contributed by atoms with Crippen molar-refractivity contribution >= 4 is 5.91 Å². The summed E-state index contributed by atoms with van der Waals surface area (Å²) in [7, 11) is 0. The van der Waals surface area contributed by atoms with Crippen molar-refractivity contribution in [1.82, 2.24) is 20.0 Å². The number of amides is 1. The number of rotatable bonds is 9. The Balaban J connectivity index is 2.00. The first-order chi connectivity index (χ1) is 17.5. The van der Waals surface area contributed by atoms with E-state index in [1.807, 2.05) is 27.0 Å². The van der Waals surface area contributed by atoms with Crippen LogP contribution in [-0.2, 0) is 4.79 Å². The Morgan fingerprint density at radius 3 is 2.11 bits per heavy atom. The number of alkyl halides is 6. The molecule has 38 heavy (non-hydrogen) atoms. The van der Waals surface area contributed by atoms with Crippen molar-refractivity contribution in [2.24, 2.45) is 5.92 Å². The van der Waals surface area contributed by atoms with Gasteiger partial charge in [0.2, 0.25) is 5.91 Å². The number of carbonyl (C=O) groups excluding carboxylic acids is 1. The summed E-state index contributed by atoms with van der Waals surface area (Å²) in [5.41, 5.74) is 3.29. The molecule has 2 fully saturated rings. The van der Waals surface area contributed by atoms with E-state index in [2.05, 4.69) is 41.3 Å². The lowest BCUT2D eigenvalue weighted by Gasteiger charge is -2.42. The maximum atomic E-state index is 12.9. The molecule has 0 aromatic heterocycles. The van der Waals surface area contributed by atoms with Gasteiger partial charge in [-0.3, -0.25) is 4.79 Å². The van der Waals surface area contributed by atoms with Crippen LogP contribution < -0.4 is 5.32 Å². The van der Waals surface area contributed by atoms with Crippen molar-refractivity contribution in [2.75, 3.05) is 32.7 Å². The zero-order valence-electron chi connectivity index (χ0n) is 22.7. The minimum atomic E-state index is -5.52. The monoisotopic (exact) mass is 550 g/mol. The van der Waals surface area contributed by atoms with Gasteiger partial charge >= 0.3 is 12.4 Å². The fraction of sp³-hybridized carbons (Fsp3) is 0.667. The summed E-state index contributed by atoms with van der Waals surface area (Å²) in [6.07, 6.45) is -5.67. The third-order valence-corrected chi connectivity index (χ3v) is 7.21. The Morgan fingerprint density at radius 1 is 1.03 bits per heavy atom. The molecule has 0 bridgehead atoms. The first-order valence-electron chi connectivity index (χ1n) is 12.9. The van der Waals surface area contributed by atoms with Gasteiger partial charge in [0, 0.05) is 61.4 Å². The highest BCUT2D eigenvalue weighted by Gasteiger charge is 2.57. The van der Waals surface area contributed by atoms with Crippen molar-refractivity contribution in [3.63, 3.8) is 0 Å². The Bertz CT molecular complexity index is 915. The topological polar surface area (TPSA) is 38.8 Å². The van der Waals surface area contributed by atoms with E-state index in [9.17, 15) is 31.1 Å². The molecule has 216 valence electrons. The lowest BCUT2D eigenvalue weighted by atomic mass is 9.88. The van der Waals surface area contributed by atoms with Crippen molar-refractivity contribution in [1.29, 1.82) is 0 Å². The average Bonchev–Trinajstić information content (AvgIpc) is 2.80. The standard InChI is InChI=1S/C27H40F6N4O/c1-7-8-9-22-18-36(19(2)3)14-15-37(22)17-20(4)21(5)34-25(6)10-12-35(13-11-25)24(38)16-23(26(28,29)30)27(31,32)33/h9,17,23,34H,2,5,7-8,10-16,18H2,1,3-4,6H3/b20-17+,22-9+. The van der Waals surface area contributed by atoms with Crippen LogP contribution in [0.5, 0.6) is 0 Å². The number of nitrogens with one attached hydrogen (secondary N) is 1. The van der Waals surface area contributed by atoms with Crippen LogP contribution in [0, 0.1) is 5.92 Å². The predicted octanol–water partition coefficient (Wildman–Crippen LogP) is 6.34. The van der Waals surface area contributed by atoms with Gasteiger partial charge < -0.3 is 20.0 Å². The Kier molecular flexibility index (Phi) is 10.4. The van der Waals surface area contributed by atoms with E-state index in [1.54, 1.807) is 0 Å². The Labute approximate surface area is 221 Å². The lowest BCUT2D eigenvalue weighted by Crippen LogP contribution is -2.53. The molecule has 5 nitrogen and oxygen atoms in total. The van der Waals surface area contributed by atoms with Gasteiger partial charge in [0.15, 0.2) is 5.92 Å². The highest BCUT2D eigenvalue weighted by molar-refractivity contribution is 5.76. The van der Waals surface area contributed by atoms with Gasteiger partial charge in [0.05, 0.1) is 6.54 Å². The highest BCUT2D eigenvalue weighted by atomic mass is 19.4. The van der Waals surface area contributed by atoms with Crippen LogP contribution >= 0.6 is 0 Å². The van der Waals surface area contributed by atoms with Crippen LogP contribution in [0.2, 0.25) is 0 Å². The molecule has 0 aromatic carbocycles. The number of piperidine rings is 1. The van der Waals surface area contributed by atoms with Crippen molar-refractivity contribution in [3.8, 4) is 0 Å². The summed E-state index contributed by atoms with van der Waals surface area (Å²) >= 11 is 0. The first-order valence-corrected chi connectivity index (χ1v) is 12.9. The molecule has 11 heteroatoms. The lowest BCUT2D eigenvalue weighted by molar-refractivity contribution is -0.284. The van der Waals surface area contributed by atoms with E-state index in [0.717, 1.165) is 48.6 Å². The second-order valence-corrected chi connectivity index (χ2v) is 10.5. The predicted molar refractivity (Wildman–Crippen MR) is 137 cm³/mol. The van der Waals surface area contributed by atoms with Crippen LogP contribution in [0.3, 0.4) is 0 Å². The fourth-order valence-corrected chi connectivity index (χ4v) is 4.57. The summed E-state index contributed by atoms with van der Waals surface area (Å²) in [6.45, 7) is 18.7. The molecule has 1 amide bonds. The van der Waals surface area contributed by atoms with E-state index < -0.39 is 36.1 Å². The highest BCUT2D eigenvalue weighted by Crippen LogP contribution is 2.42. The van der Waals surface area contributed by atoms with Crippen molar-refractivity contribution in [3.05, 3.63) is 48.1 Å². The number of allylic oxidation sites excluding steroid dienone is 3. The van der Waals surface area contributed by atoms with E-state index in [-0.39, 0.29) is 13.1 Å². The zero-order valence-corrected chi connectivity index (χ0v) is 22.7. The van der Waals surface area contributed by atoms with E-state index in [4.69, 9.17) is 0 Å². The fourth-order valence-electron chi connectivity index (χ4n) is 4.57. The molecule has 0 atom stereocenters. The molecule has 0 aliphatic carbocycles. The van der Waals surface area contributed by atoms with Gasteiger partial charge in [-0.05, 0) is 45.6 Å². The van der Waals surface area contributed by atoms with Gasteiger partial charge in [0.25, 0.3) is 0 Å². The molecule has 0 unspecified atom stereocenters. The summed E-state index contributed by atoms with van der Waals surface area (Å²) in [6, 6.07) is 0. The second-order valence-electron chi connectivity index (χ2n) is 10.5. The molecule has 2 heterocycles. The Morgan fingerprint density at radius 2 is 1.61 bits per heavy atom. The molecular weight excluding hydrogens is 510 g/mol. The zero-order chi connectivity index (χ0) is 28.9. The minimum absolute atomic E-state index is 0.0631. The number of carbonyl (C=O) groups is 1. The van der Waals surface area contributed by atoms with E-state index >= 15 is 0 Å². The largest absolute Gasteiger partial charge is 0.400 e. The normalized spacial score (nSPS) is 20.2. The van der Waals surface area contributed by atoms with Crippen LogP contribution in [-0.4, -0.2) is 71.2 Å². The van der Waals surface area contributed by atoms with Crippen LogP contribution in [0.15, 0.2) is 48.1 Å². The summed E-state index contributed by atoms with van der Waals surface area (Å²) in [5, 5.41) is 3.39. The number of nitrogens with zero attached hydrogens (tertiary/aromatic N) is 3. The number of likely N-dealkylation sites (tertiary alicyclic amines) is 1. The van der Waals surface area contributed by atoms with Crippen LogP contribution in [0.1, 0.15) is 59.8 Å². The minimum Gasteiger partial charge on any atom is -0.380 e. The molecule has 1 N–H and O–H groups in total. The molecule has 2 aliphatic heterocycles. The SMILES string of the molecule is C=C(NC1(C)CCN(C(=O)CC(C(F)(F)F)C(F)(F)F)CC1)/C(C)=C/N1CCN(C(=C)C)C/C1=C\CCC. The third kappa shape index (κ3) is 8.73. The average molecular weight is 551 g/mol. The maximum absolute atomic E-state index is 12.9. The quantitative estimate of drug-likeness (QED) is 0.269. The van der Waals surface area contributed by atoms with Crippen LogP contribution in [0.25, 0.3) is 0 Å². The van der Waals surface area contributed by atoms with Gasteiger partial charge in [-0.1, -0.05) is 32.6 Å². The number of hydrogen-bond donors (Lipinski definition) is 1. The Hall–Kier alpha value is -2.59. The number of hydrogen-bond acceptors (Lipinski definition) is 4. The number of piperazine rings is 1. The van der Waals surface area contributed by atoms with Crippen molar-refractivity contribution < 1.29 is 31.1 Å². The van der Waals surface area contributed by atoms with Gasteiger partial charge in [-0.15, -0.1) is 0 Å². The third-order valence-electron chi connectivity index (χ3n) is 7.21. The molecule has 2 saturated heterocycles. The molecule has 0 radical (unpaired) electrons. The number of unbranched alkanes of at least 4 members (excludes halogenated alkanes) is 1. The van der Waals surface area contributed by atoms with E-state index in [0.29, 0.717) is 18.5 Å². The smallest absolute Gasteiger partial charge is 0.380 e. The van der Waals surface area contributed by atoms with E-state index in [1.165, 1.54) is 5.70 Å². The summed E-state index contributed by atoms with van der Waals surface area (Å²) in [4.78, 5) is 17.8. The molecule has 0 aromatic rings. The molecule has 2 rings (SSSR count).